The summed E-state index contributed by atoms with van der Waals surface area (Å²) in [6.07, 6.45) is 0.799. The Morgan fingerprint density at radius 1 is 1.43 bits per heavy atom. The summed E-state index contributed by atoms with van der Waals surface area (Å²) in [6.45, 7) is 4.08. The molecule has 1 aromatic rings. The molecule has 9 heteroatoms. The summed E-state index contributed by atoms with van der Waals surface area (Å²) >= 11 is 5.68. The van der Waals surface area contributed by atoms with Crippen molar-refractivity contribution in [2.45, 2.75) is 25.2 Å². The van der Waals surface area contributed by atoms with Gasteiger partial charge in [-0.1, -0.05) is 31.9 Å². The molecule has 4 nitrogen and oxygen atoms in total. The molecule has 0 saturated heterocycles. The Morgan fingerprint density at radius 2 is 2.00 bits per heavy atom. The monoisotopic (exact) mass is 359 g/mol. The van der Waals surface area contributed by atoms with E-state index in [1.165, 1.54) is 0 Å². The van der Waals surface area contributed by atoms with Gasteiger partial charge in [0, 0.05) is 17.2 Å². The molecule has 0 heterocycles. The lowest BCUT2D eigenvalue weighted by Crippen LogP contribution is -2.28. The van der Waals surface area contributed by atoms with E-state index in [2.05, 4.69) is 5.32 Å². The molecule has 0 aromatic heterocycles. The summed E-state index contributed by atoms with van der Waals surface area (Å²) in [4.78, 5) is 10.7. The Kier molecular flexibility index (Phi) is 5.95. The Hall–Kier alpha value is -0.920. The van der Waals surface area contributed by atoms with Crippen LogP contribution in [0.15, 0.2) is 11.0 Å². The molecule has 1 rings (SSSR count). The Balaban J connectivity index is 3.27. The van der Waals surface area contributed by atoms with Gasteiger partial charge in [0.25, 0.3) is 15.0 Å². The van der Waals surface area contributed by atoms with E-state index >= 15 is 0 Å². The normalized spacial score (nSPS) is 13.0. The summed E-state index contributed by atoms with van der Waals surface area (Å²) in [7, 11) is 0.384. The molecule has 0 aliphatic rings. The number of carbonyl (C=O) groups is 1. The third-order valence-electron chi connectivity index (χ3n) is 2.91. The lowest BCUT2D eigenvalue weighted by Gasteiger charge is -2.12. The molecule has 1 amide bonds. The van der Waals surface area contributed by atoms with Crippen LogP contribution in [0.1, 0.15) is 30.6 Å². The minimum Gasteiger partial charge on any atom is -0.352 e. The Bertz CT molecular complexity index is 665. The molecule has 118 valence electrons. The fourth-order valence-corrected chi connectivity index (χ4v) is 3.18. The largest absolute Gasteiger partial charge is 0.352 e. The highest BCUT2D eigenvalue weighted by molar-refractivity contribution is 8.13. The second-order valence-corrected chi connectivity index (χ2v) is 7.41. The minimum atomic E-state index is -4.63. The van der Waals surface area contributed by atoms with Gasteiger partial charge in [-0.3, -0.25) is 4.79 Å². The summed E-state index contributed by atoms with van der Waals surface area (Å²) in [6, 6.07) is 0.537. The number of nitrogens with one attached hydrogen (secondary N) is 1. The molecular weight excluding hydrogens is 347 g/mol. The lowest BCUT2D eigenvalue weighted by atomic mass is 10.1. The van der Waals surface area contributed by atoms with Crippen LogP contribution in [0.25, 0.3) is 0 Å². The average molecular weight is 360 g/mol. The van der Waals surface area contributed by atoms with Gasteiger partial charge >= 0.3 is 0 Å². The van der Waals surface area contributed by atoms with E-state index in [0.717, 1.165) is 6.42 Å². The van der Waals surface area contributed by atoms with Crippen molar-refractivity contribution >= 4 is 37.2 Å². The number of benzene rings is 1. The van der Waals surface area contributed by atoms with Crippen molar-refractivity contribution in [3.8, 4) is 0 Å². The zero-order valence-electron chi connectivity index (χ0n) is 11.2. The number of amides is 1. The van der Waals surface area contributed by atoms with E-state index in [4.69, 9.17) is 22.3 Å². The van der Waals surface area contributed by atoms with Crippen molar-refractivity contribution in [1.82, 2.24) is 5.32 Å². The summed E-state index contributed by atoms with van der Waals surface area (Å²) in [5, 5.41) is 1.72. The number of halogens is 4. The van der Waals surface area contributed by atoms with Gasteiger partial charge in [0.05, 0.1) is 10.6 Å². The molecule has 0 fully saturated rings. The fraction of sp³-hybridized carbons (Fsp3) is 0.417. The number of hydrogen-bond donors (Lipinski definition) is 1. The van der Waals surface area contributed by atoms with Crippen molar-refractivity contribution in [3.05, 3.63) is 28.3 Å². The molecule has 21 heavy (non-hydrogen) atoms. The van der Waals surface area contributed by atoms with Crippen LogP contribution >= 0.6 is 22.3 Å². The van der Waals surface area contributed by atoms with Crippen LogP contribution < -0.4 is 5.32 Å². The molecule has 0 spiro atoms. The first-order valence-corrected chi connectivity index (χ1v) is 8.68. The maximum atomic E-state index is 13.5. The van der Waals surface area contributed by atoms with Crippen LogP contribution in [0.2, 0.25) is 5.02 Å². The zero-order valence-corrected chi connectivity index (χ0v) is 13.5. The number of rotatable bonds is 5. The topological polar surface area (TPSA) is 63.2 Å². The smallest absolute Gasteiger partial charge is 0.265 e. The molecule has 1 aromatic carbocycles. The van der Waals surface area contributed by atoms with Gasteiger partial charge in [-0.05, 0) is 12.0 Å². The molecule has 0 saturated carbocycles. The van der Waals surface area contributed by atoms with Crippen molar-refractivity contribution in [1.29, 1.82) is 0 Å². The van der Waals surface area contributed by atoms with Gasteiger partial charge in [-0.2, -0.15) is 0 Å². The van der Waals surface area contributed by atoms with Gasteiger partial charge in [0.1, 0.15) is 4.90 Å². The zero-order chi connectivity index (χ0) is 16.4. The van der Waals surface area contributed by atoms with Crippen molar-refractivity contribution in [2.75, 3.05) is 6.54 Å². The predicted octanol–water partition coefficient (Wildman–Crippen LogP) is 3.32. The minimum absolute atomic E-state index is 0.161. The van der Waals surface area contributed by atoms with E-state index in [9.17, 15) is 22.0 Å². The highest BCUT2D eigenvalue weighted by Gasteiger charge is 2.28. The van der Waals surface area contributed by atoms with Gasteiger partial charge in [-0.25, -0.2) is 17.2 Å². The van der Waals surface area contributed by atoms with Crippen LogP contribution in [0.3, 0.4) is 0 Å². The summed E-state index contributed by atoms with van der Waals surface area (Å²) in [5.74, 6) is -3.88. The molecule has 0 aliphatic carbocycles. The first-order valence-electron chi connectivity index (χ1n) is 5.99. The number of carbonyl (C=O) groups excluding carboxylic acids is 1. The quantitative estimate of drug-likeness (QED) is 0.647. The van der Waals surface area contributed by atoms with Crippen LogP contribution in [0, 0.1) is 17.6 Å². The fourth-order valence-electron chi connectivity index (χ4n) is 1.47. The molecule has 1 N–H and O–H groups in total. The first kappa shape index (κ1) is 18.1. The highest BCUT2D eigenvalue weighted by atomic mass is 35.7. The summed E-state index contributed by atoms with van der Waals surface area (Å²) < 4.78 is 49.5. The molecule has 1 atom stereocenters. The predicted molar refractivity (Wildman–Crippen MR) is 76.2 cm³/mol. The molecular formula is C12H13Cl2F2NO3S. The molecule has 0 bridgehead atoms. The van der Waals surface area contributed by atoms with Crippen molar-refractivity contribution in [2.24, 2.45) is 5.92 Å². The third-order valence-corrected chi connectivity index (χ3v) is 4.75. The van der Waals surface area contributed by atoms with E-state index in [0.29, 0.717) is 6.07 Å². The molecule has 1 unspecified atom stereocenters. The van der Waals surface area contributed by atoms with Crippen molar-refractivity contribution < 1.29 is 22.0 Å². The Morgan fingerprint density at radius 3 is 2.48 bits per heavy atom. The second kappa shape index (κ2) is 6.89. The lowest BCUT2D eigenvalue weighted by molar-refractivity contribution is 0.0947. The molecule has 0 aliphatic heterocycles. The standard InChI is InChI=1S/C12H13Cl2F2NO3S/c1-3-6(2)5-17-12(18)7-4-8(15)10(16)11(9(7)13)21(14,19)20/h4,6H,3,5H2,1-2H3,(H,17,18). The SMILES string of the molecule is CCC(C)CNC(=O)c1cc(F)c(F)c(S(=O)(=O)Cl)c1Cl. The average Bonchev–Trinajstić information content (AvgIpc) is 2.38. The second-order valence-electron chi connectivity index (χ2n) is 4.52. The Labute approximate surface area is 130 Å². The maximum Gasteiger partial charge on any atom is 0.265 e. The first-order chi connectivity index (χ1) is 9.59. The highest BCUT2D eigenvalue weighted by Crippen LogP contribution is 2.32. The van der Waals surface area contributed by atoms with E-state index in [1.54, 1.807) is 0 Å². The van der Waals surface area contributed by atoms with Gasteiger partial charge in [0.15, 0.2) is 11.6 Å². The van der Waals surface area contributed by atoms with Crippen LogP contribution in [-0.2, 0) is 9.05 Å². The van der Waals surface area contributed by atoms with Crippen molar-refractivity contribution in [3.63, 3.8) is 0 Å². The van der Waals surface area contributed by atoms with Crippen LogP contribution in [-0.4, -0.2) is 20.9 Å². The van der Waals surface area contributed by atoms with E-state index in [-0.39, 0.29) is 12.5 Å². The van der Waals surface area contributed by atoms with Gasteiger partial charge in [0.2, 0.25) is 0 Å². The van der Waals surface area contributed by atoms with Gasteiger partial charge in [-0.15, -0.1) is 0 Å². The maximum absolute atomic E-state index is 13.5. The summed E-state index contributed by atoms with van der Waals surface area (Å²) in [5.41, 5.74) is -0.488. The van der Waals surface area contributed by atoms with Gasteiger partial charge < -0.3 is 5.32 Å². The van der Waals surface area contributed by atoms with Crippen LogP contribution in [0.5, 0.6) is 0 Å². The number of hydrogen-bond acceptors (Lipinski definition) is 3. The third kappa shape index (κ3) is 4.28. The van der Waals surface area contributed by atoms with E-state index in [1.807, 2.05) is 13.8 Å². The molecule has 0 radical (unpaired) electrons. The van der Waals surface area contributed by atoms with Crippen LogP contribution in [0.4, 0.5) is 8.78 Å². The van der Waals surface area contributed by atoms with E-state index < -0.39 is 42.1 Å².